The standard InChI is InChI=1S/C24H23N3O2S/c28-21(20-13-12-18-10-4-5-11-19(18)15-20)16-22-23(29)26-24(30-22)27-25-14-6-9-17-7-2-1-3-8-17/h1-3,6-9,12-15,22H,4-5,10-11,16H2,(H,26,27,29). The fourth-order valence-electron chi connectivity index (χ4n) is 3.62. The van der Waals surface area contributed by atoms with Crippen LogP contribution in [0.5, 0.6) is 0 Å². The molecule has 0 bridgehead atoms. The summed E-state index contributed by atoms with van der Waals surface area (Å²) in [4.78, 5) is 24.9. The van der Waals surface area contributed by atoms with E-state index in [2.05, 4.69) is 21.6 Å². The number of hydrogen-bond donors (Lipinski definition) is 1. The van der Waals surface area contributed by atoms with E-state index >= 15 is 0 Å². The van der Waals surface area contributed by atoms with Crippen LogP contribution in [0.1, 0.15) is 46.3 Å². The molecule has 152 valence electrons. The van der Waals surface area contributed by atoms with Crippen molar-refractivity contribution in [1.29, 1.82) is 0 Å². The lowest BCUT2D eigenvalue weighted by atomic mass is 9.89. The quantitative estimate of drug-likeness (QED) is 0.430. The van der Waals surface area contributed by atoms with E-state index in [4.69, 9.17) is 0 Å². The van der Waals surface area contributed by atoms with Gasteiger partial charge in [-0.1, -0.05) is 60.3 Å². The monoisotopic (exact) mass is 417 g/mol. The first-order valence-corrected chi connectivity index (χ1v) is 11.0. The van der Waals surface area contributed by atoms with Gasteiger partial charge in [-0.25, -0.2) is 0 Å². The highest BCUT2D eigenvalue weighted by molar-refractivity contribution is 8.15. The van der Waals surface area contributed by atoms with Gasteiger partial charge >= 0.3 is 0 Å². The zero-order valence-corrected chi connectivity index (χ0v) is 17.4. The lowest BCUT2D eigenvalue weighted by Crippen LogP contribution is -2.26. The van der Waals surface area contributed by atoms with Crippen molar-refractivity contribution < 1.29 is 9.59 Å². The predicted molar refractivity (Wildman–Crippen MR) is 123 cm³/mol. The first kappa shape index (κ1) is 20.3. The number of nitrogens with one attached hydrogen (secondary N) is 1. The molecule has 5 nitrogen and oxygen atoms in total. The van der Waals surface area contributed by atoms with Crippen molar-refractivity contribution in [2.45, 2.75) is 37.4 Å². The molecule has 0 aromatic heterocycles. The van der Waals surface area contributed by atoms with Gasteiger partial charge in [-0.05, 0) is 54.5 Å². The molecule has 1 saturated heterocycles. The Balaban J connectivity index is 1.33. The molecule has 4 rings (SSSR count). The molecule has 1 aliphatic heterocycles. The summed E-state index contributed by atoms with van der Waals surface area (Å²) in [6, 6.07) is 15.8. The van der Waals surface area contributed by atoms with Gasteiger partial charge in [0.15, 0.2) is 11.0 Å². The molecule has 0 radical (unpaired) electrons. The fourth-order valence-corrected chi connectivity index (χ4v) is 4.55. The third-order valence-electron chi connectivity index (χ3n) is 5.21. The van der Waals surface area contributed by atoms with Gasteiger partial charge in [-0.15, -0.1) is 5.10 Å². The average molecular weight is 418 g/mol. The second-order valence-electron chi connectivity index (χ2n) is 7.35. The summed E-state index contributed by atoms with van der Waals surface area (Å²) in [5.74, 6) is -0.202. The molecule has 6 heteroatoms. The van der Waals surface area contributed by atoms with Gasteiger partial charge in [0.05, 0.1) is 5.25 Å². The zero-order valence-electron chi connectivity index (χ0n) is 16.6. The average Bonchev–Trinajstić information content (AvgIpc) is 3.12. The number of Topliss-reactive ketones (excluding diaryl/α,β-unsaturated/α-hetero) is 1. The van der Waals surface area contributed by atoms with Gasteiger partial charge in [0.1, 0.15) is 0 Å². The molecule has 2 aromatic carbocycles. The van der Waals surface area contributed by atoms with Crippen molar-refractivity contribution in [2.24, 2.45) is 10.2 Å². The minimum absolute atomic E-state index is 0.00781. The highest BCUT2D eigenvalue weighted by Gasteiger charge is 2.32. The number of amidine groups is 1. The number of aryl methyl sites for hydroxylation is 2. The van der Waals surface area contributed by atoms with Crippen molar-refractivity contribution in [3.8, 4) is 0 Å². The lowest BCUT2D eigenvalue weighted by Gasteiger charge is -2.16. The van der Waals surface area contributed by atoms with Crippen LogP contribution in [-0.4, -0.2) is 28.3 Å². The van der Waals surface area contributed by atoms with Gasteiger partial charge in [0.2, 0.25) is 5.91 Å². The van der Waals surface area contributed by atoms with E-state index in [0.29, 0.717) is 10.7 Å². The van der Waals surface area contributed by atoms with Crippen LogP contribution in [0.4, 0.5) is 0 Å². The Morgan fingerprint density at radius 3 is 2.73 bits per heavy atom. The van der Waals surface area contributed by atoms with Crippen molar-refractivity contribution in [1.82, 2.24) is 5.32 Å². The molecule has 2 aromatic rings. The van der Waals surface area contributed by atoms with Crippen LogP contribution in [0.2, 0.25) is 0 Å². The number of fused-ring (bicyclic) bond motifs is 1. The third kappa shape index (κ3) is 5.13. The summed E-state index contributed by atoms with van der Waals surface area (Å²) in [5.41, 5.74) is 4.38. The van der Waals surface area contributed by atoms with E-state index in [1.807, 2.05) is 48.5 Å². The number of thioether (sulfide) groups is 1. The van der Waals surface area contributed by atoms with E-state index < -0.39 is 5.25 Å². The maximum Gasteiger partial charge on any atom is 0.240 e. The van der Waals surface area contributed by atoms with Crippen LogP contribution in [-0.2, 0) is 17.6 Å². The Hall–Kier alpha value is -2.99. The summed E-state index contributed by atoms with van der Waals surface area (Å²) in [7, 11) is 0. The van der Waals surface area contributed by atoms with E-state index in [1.165, 1.54) is 35.7 Å². The summed E-state index contributed by atoms with van der Waals surface area (Å²) in [6.07, 6.45) is 9.94. The lowest BCUT2D eigenvalue weighted by molar-refractivity contribution is -0.118. The number of carbonyl (C=O) groups is 2. The van der Waals surface area contributed by atoms with Crippen LogP contribution in [0.25, 0.3) is 6.08 Å². The van der Waals surface area contributed by atoms with Crippen molar-refractivity contribution in [3.05, 3.63) is 76.9 Å². The molecule has 1 fully saturated rings. The SMILES string of the molecule is O=C(CC1S/C(=N/N=CC=Cc2ccccc2)NC1=O)c1ccc2c(c1)CCCC2. The van der Waals surface area contributed by atoms with Crippen molar-refractivity contribution in [2.75, 3.05) is 0 Å². The minimum atomic E-state index is -0.470. The number of ketones is 1. The van der Waals surface area contributed by atoms with Gasteiger partial charge in [-0.2, -0.15) is 5.10 Å². The van der Waals surface area contributed by atoms with Crippen LogP contribution in [0, 0.1) is 0 Å². The largest absolute Gasteiger partial charge is 0.303 e. The number of carbonyl (C=O) groups excluding carboxylic acids is 2. The molecule has 2 aliphatic rings. The molecular formula is C24H23N3O2S. The molecule has 1 heterocycles. The number of allylic oxidation sites excluding steroid dienone is 1. The Morgan fingerprint density at radius 2 is 1.90 bits per heavy atom. The Morgan fingerprint density at radius 1 is 1.10 bits per heavy atom. The molecular weight excluding hydrogens is 394 g/mol. The molecule has 1 amide bonds. The summed E-state index contributed by atoms with van der Waals surface area (Å²) >= 11 is 1.26. The molecule has 1 N–H and O–H groups in total. The molecule has 1 atom stereocenters. The molecule has 1 unspecified atom stereocenters. The van der Waals surface area contributed by atoms with Gasteiger partial charge < -0.3 is 5.32 Å². The Bertz CT molecular complexity index is 1030. The first-order valence-electron chi connectivity index (χ1n) is 10.1. The Labute approximate surface area is 180 Å². The highest BCUT2D eigenvalue weighted by Crippen LogP contribution is 2.26. The van der Waals surface area contributed by atoms with E-state index in [-0.39, 0.29) is 18.1 Å². The molecule has 1 aliphatic carbocycles. The maximum absolute atomic E-state index is 12.7. The van der Waals surface area contributed by atoms with Crippen LogP contribution >= 0.6 is 11.8 Å². The first-order chi connectivity index (χ1) is 14.7. The molecule has 0 saturated carbocycles. The van der Waals surface area contributed by atoms with E-state index in [0.717, 1.165) is 18.4 Å². The number of nitrogens with zero attached hydrogens (tertiary/aromatic N) is 2. The van der Waals surface area contributed by atoms with Crippen LogP contribution in [0.15, 0.2) is 64.8 Å². The van der Waals surface area contributed by atoms with E-state index in [9.17, 15) is 9.59 Å². The fraction of sp³-hybridized carbons (Fsp3) is 0.250. The number of amides is 1. The van der Waals surface area contributed by atoms with Crippen molar-refractivity contribution >= 4 is 40.9 Å². The van der Waals surface area contributed by atoms with Gasteiger partial charge in [0.25, 0.3) is 0 Å². The normalized spacial score (nSPS) is 20.1. The van der Waals surface area contributed by atoms with Crippen LogP contribution in [0.3, 0.4) is 0 Å². The van der Waals surface area contributed by atoms with Gasteiger partial charge in [0, 0.05) is 18.2 Å². The third-order valence-corrected chi connectivity index (χ3v) is 6.28. The second kappa shape index (κ2) is 9.67. The maximum atomic E-state index is 12.7. The highest BCUT2D eigenvalue weighted by atomic mass is 32.2. The summed E-state index contributed by atoms with van der Waals surface area (Å²) in [5, 5.41) is 10.7. The molecule has 30 heavy (non-hydrogen) atoms. The zero-order chi connectivity index (χ0) is 20.8. The second-order valence-corrected chi connectivity index (χ2v) is 8.54. The van der Waals surface area contributed by atoms with Gasteiger partial charge in [-0.3, -0.25) is 9.59 Å². The summed E-state index contributed by atoms with van der Waals surface area (Å²) < 4.78 is 0. The number of hydrogen-bond acceptors (Lipinski definition) is 5. The predicted octanol–water partition coefficient (Wildman–Crippen LogP) is 4.43. The smallest absolute Gasteiger partial charge is 0.240 e. The number of rotatable bonds is 6. The van der Waals surface area contributed by atoms with E-state index in [1.54, 1.807) is 12.3 Å². The Kier molecular flexibility index (Phi) is 6.54. The van der Waals surface area contributed by atoms with Crippen molar-refractivity contribution in [3.63, 3.8) is 0 Å². The summed E-state index contributed by atoms with van der Waals surface area (Å²) in [6.45, 7) is 0. The number of benzene rings is 2. The minimum Gasteiger partial charge on any atom is -0.303 e. The molecule has 0 spiro atoms. The van der Waals surface area contributed by atoms with Crippen LogP contribution < -0.4 is 5.32 Å². The topological polar surface area (TPSA) is 70.9 Å².